The normalized spacial score (nSPS) is 13.2. The first-order valence-corrected chi connectivity index (χ1v) is 8.27. The van der Waals surface area contributed by atoms with E-state index in [2.05, 4.69) is 55.2 Å². The first-order chi connectivity index (χ1) is 10.3. The van der Waals surface area contributed by atoms with Gasteiger partial charge in [0.05, 0.1) is 12.2 Å². The van der Waals surface area contributed by atoms with Crippen LogP contribution in [-0.4, -0.2) is 23.5 Å². The molecule has 2 N–H and O–H groups in total. The van der Waals surface area contributed by atoms with E-state index in [0.29, 0.717) is 18.0 Å². The largest absolute Gasteiger partial charge is 0.357 e. The average molecular weight is 432 g/mol. The molecular formula is C18H33IN4. The Morgan fingerprint density at radius 2 is 2.00 bits per heavy atom. The highest BCUT2D eigenvalue weighted by molar-refractivity contribution is 14.0. The summed E-state index contributed by atoms with van der Waals surface area (Å²) in [7, 11) is 0. The van der Waals surface area contributed by atoms with E-state index in [4.69, 9.17) is 0 Å². The summed E-state index contributed by atoms with van der Waals surface area (Å²) >= 11 is 0. The van der Waals surface area contributed by atoms with Crippen molar-refractivity contribution in [1.29, 1.82) is 0 Å². The first-order valence-electron chi connectivity index (χ1n) is 8.27. The number of aliphatic imine (C=N–C) groups is 1. The van der Waals surface area contributed by atoms with Crippen LogP contribution < -0.4 is 10.6 Å². The van der Waals surface area contributed by atoms with Gasteiger partial charge in [0.1, 0.15) is 0 Å². The molecule has 1 aromatic heterocycles. The summed E-state index contributed by atoms with van der Waals surface area (Å²) in [5.74, 6) is 0.868. The molecule has 0 saturated heterocycles. The molecule has 0 saturated carbocycles. The van der Waals surface area contributed by atoms with Crippen molar-refractivity contribution < 1.29 is 0 Å². The summed E-state index contributed by atoms with van der Waals surface area (Å²) in [4.78, 5) is 9.13. The zero-order valence-corrected chi connectivity index (χ0v) is 17.8. The van der Waals surface area contributed by atoms with E-state index in [1.165, 1.54) is 6.42 Å². The number of halogens is 1. The topological polar surface area (TPSA) is 49.3 Å². The van der Waals surface area contributed by atoms with Crippen molar-refractivity contribution in [3.05, 3.63) is 29.6 Å². The molecule has 0 aliphatic heterocycles. The van der Waals surface area contributed by atoms with E-state index >= 15 is 0 Å². The number of hydrogen-bond acceptors (Lipinski definition) is 2. The SMILES string of the molecule is CCNC(=NCc1cccc(C)n1)NC(C)CCC(C)(C)C.I. The summed E-state index contributed by atoms with van der Waals surface area (Å²) in [6, 6.07) is 6.45. The Balaban J connectivity index is 0.00000484. The van der Waals surface area contributed by atoms with E-state index in [1.807, 2.05) is 25.1 Å². The van der Waals surface area contributed by atoms with Crippen molar-refractivity contribution in [1.82, 2.24) is 15.6 Å². The summed E-state index contributed by atoms with van der Waals surface area (Å²) in [6.07, 6.45) is 2.33. The van der Waals surface area contributed by atoms with Crippen LogP contribution in [0.15, 0.2) is 23.2 Å². The van der Waals surface area contributed by atoms with Gasteiger partial charge in [0, 0.05) is 18.3 Å². The predicted octanol–water partition coefficient (Wildman–Crippen LogP) is 4.28. The van der Waals surface area contributed by atoms with E-state index in [1.54, 1.807) is 0 Å². The fraction of sp³-hybridized carbons (Fsp3) is 0.667. The molecule has 23 heavy (non-hydrogen) atoms. The van der Waals surface area contributed by atoms with Crippen molar-refractivity contribution in [3.8, 4) is 0 Å². The van der Waals surface area contributed by atoms with Gasteiger partial charge in [-0.1, -0.05) is 26.8 Å². The van der Waals surface area contributed by atoms with E-state index in [0.717, 1.165) is 30.3 Å². The molecule has 132 valence electrons. The third kappa shape index (κ3) is 10.5. The molecule has 1 aromatic rings. The summed E-state index contributed by atoms with van der Waals surface area (Å²) in [6.45, 7) is 14.6. The van der Waals surface area contributed by atoms with Crippen molar-refractivity contribution in [2.75, 3.05) is 6.54 Å². The van der Waals surface area contributed by atoms with Crippen molar-refractivity contribution in [2.24, 2.45) is 10.4 Å². The molecule has 1 heterocycles. The zero-order valence-electron chi connectivity index (χ0n) is 15.4. The molecule has 0 radical (unpaired) electrons. The molecule has 5 heteroatoms. The van der Waals surface area contributed by atoms with Gasteiger partial charge in [-0.15, -0.1) is 24.0 Å². The minimum Gasteiger partial charge on any atom is -0.357 e. The second-order valence-electron chi connectivity index (χ2n) is 7.11. The lowest BCUT2D eigenvalue weighted by Gasteiger charge is -2.23. The van der Waals surface area contributed by atoms with Crippen LogP contribution in [0.1, 0.15) is 58.8 Å². The molecule has 0 amide bonds. The predicted molar refractivity (Wildman–Crippen MR) is 110 cm³/mol. The third-order valence-electron chi connectivity index (χ3n) is 3.40. The lowest BCUT2D eigenvalue weighted by atomic mass is 9.89. The van der Waals surface area contributed by atoms with E-state index < -0.39 is 0 Å². The second-order valence-corrected chi connectivity index (χ2v) is 7.11. The number of nitrogens with zero attached hydrogens (tertiary/aromatic N) is 2. The van der Waals surface area contributed by atoms with E-state index in [9.17, 15) is 0 Å². The lowest BCUT2D eigenvalue weighted by molar-refractivity contribution is 0.346. The van der Waals surface area contributed by atoms with Gasteiger partial charge in [-0.2, -0.15) is 0 Å². The van der Waals surface area contributed by atoms with Gasteiger partial charge in [-0.05, 0) is 51.2 Å². The quantitative estimate of drug-likeness (QED) is 0.401. The van der Waals surface area contributed by atoms with Crippen LogP contribution in [0.4, 0.5) is 0 Å². The highest BCUT2D eigenvalue weighted by Gasteiger charge is 2.13. The molecule has 0 bridgehead atoms. The summed E-state index contributed by atoms with van der Waals surface area (Å²) < 4.78 is 0. The van der Waals surface area contributed by atoms with Crippen LogP contribution in [0.3, 0.4) is 0 Å². The Labute approximate surface area is 159 Å². The maximum Gasteiger partial charge on any atom is 0.191 e. The van der Waals surface area contributed by atoms with Crippen LogP contribution in [0.5, 0.6) is 0 Å². The minimum atomic E-state index is 0. The molecule has 1 atom stereocenters. The monoisotopic (exact) mass is 432 g/mol. The maximum atomic E-state index is 4.64. The average Bonchev–Trinajstić information content (AvgIpc) is 2.42. The van der Waals surface area contributed by atoms with Gasteiger partial charge < -0.3 is 10.6 Å². The number of rotatable bonds is 6. The molecule has 1 unspecified atom stereocenters. The Morgan fingerprint density at radius 1 is 1.30 bits per heavy atom. The first kappa shape index (κ1) is 22.1. The number of aryl methyl sites for hydroxylation is 1. The highest BCUT2D eigenvalue weighted by Crippen LogP contribution is 2.21. The van der Waals surface area contributed by atoms with Crippen molar-refractivity contribution >= 4 is 29.9 Å². The number of aromatic nitrogens is 1. The summed E-state index contributed by atoms with van der Waals surface area (Å²) in [5.41, 5.74) is 2.40. The minimum absolute atomic E-state index is 0. The third-order valence-corrected chi connectivity index (χ3v) is 3.40. The molecule has 0 aliphatic carbocycles. The standard InChI is InChI=1S/C18H32N4.HI/c1-7-19-17(22-15(3)11-12-18(4,5)6)20-13-16-10-8-9-14(2)21-16;/h8-10,15H,7,11-13H2,1-6H3,(H2,19,20,22);1H. The van der Waals surface area contributed by atoms with Gasteiger partial charge in [-0.3, -0.25) is 4.98 Å². The lowest BCUT2D eigenvalue weighted by Crippen LogP contribution is -2.42. The highest BCUT2D eigenvalue weighted by atomic mass is 127. The fourth-order valence-electron chi connectivity index (χ4n) is 2.12. The smallest absolute Gasteiger partial charge is 0.191 e. The van der Waals surface area contributed by atoms with Crippen molar-refractivity contribution in [3.63, 3.8) is 0 Å². The van der Waals surface area contributed by atoms with E-state index in [-0.39, 0.29) is 24.0 Å². The van der Waals surface area contributed by atoms with Crippen LogP contribution in [-0.2, 0) is 6.54 Å². The fourth-order valence-corrected chi connectivity index (χ4v) is 2.12. The van der Waals surface area contributed by atoms with Crippen LogP contribution in [0, 0.1) is 12.3 Å². The molecule has 0 aliphatic rings. The molecule has 4 nitrogen and oxygen atoms in total. The number of nitrogens with one attached hydrogen (secondary N) is 2. The number of pyridine rings is 1. The van der Waals surface area contributed by atoms with Gasteiger partial charge in [0.25, 0.3) is 0 Å². The Morgan fingerprint density at radius 3 is 2.57 bits per heavy atom. The second kappa shape index (κ2) is 10.8. The van der Waals surface area contributed by atoms with Crippen LogP contribution in [0.2, 0.25) is 0 Å². The number of hydrogen-bond donors (Lipinski definition) is 2. The van der Waals surface area contributed by atoms with Crippen LogP contribution >= 0.6 is 24.0 Å². The number of guanidine groups is 1. The maximum absolute atomic E-state index is 4.64. The molecule has 1 rings (SSSR count). The molecule has 0 spiro atoms. The van der Waals surface area contributed by atoms with Crippen LogP contribution in [0.25, 0.3) is 0 Å². The van der Waals surface area contributed by atoms with Crippen molar-refractivity contribution in [2.45, 2.75) is 67.0 Å². The molecule has 0 aromatic carbocycles. The van der Waals surface area contributed by atoms with Gasteiger partial charge >= 0.3 is 0 Å². The zero-order chi connectivity index (χ0) is 16.6. The Bertz CT molecular complexity index is 480. The summed E-state index contributed by atoms with van der Waals surface area (Å²) in [5, 5.41) is 6.79. The van der Waals surface area contributed by atoms with Gasteiger partial charge in [-0.25, -0.2) is 4.99 Å². The molecular weight excluding hydrogens is 399 g/mol. The van der Waals surface area contributed by atoms with Gasteiger partial charge in [0.15, 0.2) is 5.96 Å². The Kier molecular flexibility index (Phi) is 10.4. The van der Waals surface area contributed by atoms with Gasteiger partial charge in [0.2, 0.25) is 0 Å². The molecule has 0 fully saturated rings. The Hall–Kier alpha value is -0.850.